The highest BCUT2D eigenvalue weighted by molar-refractivity contribution is 7.99. The average molecular weight is 494 g/mol. The van der Waals surface area contributed by atoms with E-state index in [2.05, 4.69) is 15.5 Å². The van der Waals surface area contributed by atoms with Crippen LogP contribution in [0.1, 0.15) is 23.1 Å². The van der Waals surface area contributed by atoms with Gasteiger partial charge in [0.2, 0.25) is 5.91 Å². The highest BCUT2D eigenvalue weighted by Crippen LogP contribution is 2.28. The number of nitrogens with zero attached hydrogens (tertiary/aromatic N) is 4. The highest BCUT2D eigenvalue weighted by atomic mass is 35.5. The highest BCUT2D eigenvalue weighted by Gasteiger charge is 2.18. The van der Waals surface area contributed by atoms with Crippen LogP contribution in [0.2, 0.25) is 10.0 Å². The third-order valence-electron chi connectivity index (χ3n) is 4.32. The molecule has 0 atom stereocenters. The topological polar surface area (TPSA) is 120 Å². The van der Waals surface area contributed by atoms with Gasteiger partial charge in [0.1, 0.15) is 5.82 Å². The molecule has 0 fully saturated rings. The van der Waals surface area contributed by atoms with Crippen LogP contribution in [0.25, 0.3) is 5.69 Å². The minimum absolute atomic E-state index is 0.0446. The normalized spacial score (nSPS) is 10.7. The fourth-order valence-electron chi connectivity index (χ4n) is 2.77. The van der Waals surface area contributed by atoms with Crippen LogP contribution < -0.4 is 5.32 Å². The molecule has 0 bridgehead atoms. The molecule has 0 unspecified atom stereocenters. The van der Waals surface area contributed by atoms with Gasteiger partial charge in [0, 0.05) is 37.6 Å². The third-order valence-corrected chi connectivity index (χ3v) is 5.98. The Hall–Kier alpha value is -2.95. The largest absolute Gasteiger partial charge is 0.356 e. The van der Waals surface area contributed by atoms with Crippen molar-refractivity contribution in [3.63, 3.8) is 0 Å². The Bertz CT molecular complexity index is 1170. The van der Waals surface area contributed by atoms with Crippen molar-refractivity contribution in [2.75, 3.05) is 12.3 Å². The van der Waals surface area contributed by atoms with E-state index in [1.54, 1.807) is 22.8 Å². The van der Waals surface area contributed by atoms with Crippen molar-refractivity contribution in [2.45, 2.75) is 18.5 Å². The molecule has 32 heavy (non-hydrogen) atoms. The maximum atomic E-state index is 12.6. The quantitative estimate of drug-likeness (QED) is 0.206. The summed E-state index contributed by atoms with van der Waals surface area (Å²) in [6.07, 6.45) is 0.406. The number of non-ortho nitro benzene ring substituents is 1. The van der Waals surface area contributed by atoms with E-state index in [-0.39, 0.29) is 23.1 Å². The predicted molar refractivity (Wildman–Crippen MR) is 122 cm³/mol. The molecule has 1 heterocycles. The number of carbonyl (C=O) groups excluding carboxylic acids is 2. The second kappa shape index (κ2) is 10.6. The Kier molecular flexibility index (Phi) is 7.84. The fraction of sp³-hybridized carbons (Fsp3) is 0.200. The van der Waals surface area contributed by atoms with Crippen molar-refractivity contribution in [3.05, 3.63) is 74.0 Å². The molecule has 1 amide bonds. The number of nitro benzene ring substituents is 1. The van der Waals surface area contributed by atoms with E-state index < -0.39 is 4.92 Å². The molecule has 12 heteroatoms. The molecule has 0 spiro atoms. The summed E-state index contributed by atoms with van der Waals surface area (Å²) in [4.78, 5) is 34.0. The Morgan fingerprint density at radius 2 is 1.84 bits per heavy atom. The van der Waals surface area contributed by atoms with Gasteiger partial charge in [0.15, 0.2) is 10.9 Å². The van der Waals surface area contributed by atoms with Crippen LogP contribution in [-0.4, -0.2) is 43.7 Å². The van der Waals surface area contributed by atoms with Crippen molar-refractivity contribution in [1.29, 1.82) is 0 Å². The van der Waals surface area contributed by atoms with Gasteiger partial charge >= 0.3 is 0 Å². The number of ketones is 1. The van der Waals surface area contributed by atoms with Crippen LogP contribution >= 0.6 is 35.0 Å². The van der Waals surface area contributed by atoms with Crippen LogP contribution in [0.3, 0.4) is 0 Å². The molecule has 0 aliphatic carbocycles. The maximum absolute atomic E-state index is 12.6. The number of nitrogens with one attached hydrogen (secondary N) is 1. The first-order valence-corrected chi connectivity index (χ1v) is 11.0. The first-order chi connectivity index (χ1) is 15.3. The van der Waals surface area contributed by atoms with Gasteiger partial charge < -0.3 is 5.32 Å². The smallest absolute Gasteiger partial charge is 0.269 e. The Morgan fingerprint density at radius 1 is 1.12 bits per heavy atom. The number of rotatable bonds is 9. The van der Waals surface area contributed by atoms with E-state index in [9.17, 15) is 19.7 Å². The lowest BCUT2D eigenvalue weighted by atomic mass is 10.1. The average Bonchev–Trinajstić information content (AvgIpc) is 3.16. The standard InChI is InChI=1S/C20H17Cl2N5O4S/c1-12(28)23-9-8-19-24-25-20(26(19)15-6-7-16(21)17(22)10-15)32-11-18(29)13-2-4-14(5-3-13)27(30)31/h2-7,10H,8-9,11H2,1H3,(H,23,28). The predicted octanol–water partition coefficient (Wildman–Crippen LogP) is 4.14. The molecule has 2 aromatic carbocycles. The minimum Gasteiger partial charge on any atom is -0.356 e. The van der Waals surface area contributed by atoms with E-state index in [1.807, 2.05) is 0 Å². The van der Waals surface area contributed by atoms with Gasteiger partial charge in [-0.3, -0.25) is 24.3 Å². The Labute approximate surface area is 197 Å². The summed E-state index contributed by atoms with van der Waals surface area (Å²) in [5.41, 5.74) is 0.930. The van der Waals surface area contributed by atoms with Gasteiger partial charge in [-0.2, -0.15) is 0 Å². The molecule has 0 radical (unpaired) electrons. The molecule has 9 nitrogen and oxygen atoms in total. The SMILES string of the molecule is CC(=O)NCCc1nnc(SCC(=O)c2ccc([N+](=O)[O-])cc2)n1-c1ccc(Cl)c(Cl)c1. The second-order valence-electron chi connectivity index (χ2n) is 6.58. The second-order valence-corrected chi connectivity index (χ2v) is 8.34. The van der Waals surface area contributed by atoms with Gasteiger partial charge in [-0.1, -0.05) is 35.0 Å². The van der Waals surface area contributed by atoms with Gasteiger partial charge in [-0.05, 0) is 30.3 Å². The molecule has 0 saturated carbocycles. The van der Waals surface area contributed by atoms with Crippen molar-refractivity contribution < 1.29 is 14.5 Å². The van der Waals surface area contributed by atoms with Crippen molar-refractivity contribution in [3.8, 4) is 5.69 Å². The van der Waals surface area contributed by atoms with Gasteiger partial charge in [-0.15, -0.1) is 10.2 Å². The molecule has 0 aliphatic rings. The van der Waals surface area contributed by atoms with E-state index in [1.165, 1.54) is 43.0 Å². The molecule has 166 valence electrons. The van der Waals surface area contributed by atoms with Crippen molar-refractivity contribution >= 4 is 52.3 Å². The van der Waals surface area contributed by atoms with Crippen molar-refractivity contribution in [1.82, 2.24) is 20.1 Å². The summed E-state index contributed by atoms with van der Waals surface area (Å²) in [7, 11) is 0. The van der Waals surface area contributed by atoms with Gasteiger partial charge in [0.05, 0.1) is 26.4 Å². The van der Waals surface area contributed by atoms with E-state index in [0.717, 1.165) is 0 Å². The fourth-order valence-corrected chi connectivity index (χ4v) is 3.93. The van der Waals surface area contributed by atoms with E-state index in [0.29, 0.717) is 45.2 Å². The zero-order chi connectivity index (χ0) is 23.3. The van der Waals surface area contributed by atoms with E-state index >= 15 is 0 Å². The number of carbonyl (C=O) groups is 2. The number of amides is 1. The molecule has 3 aromatic rings. The zero-order valence-electron chi connectivity index (χ0n) is 16.7. The number of nitro groups is 1. The molecule has 3 rings (SSSR count). The van der Waals surface area contributed by atoms with Crippen LogP contribution in [0.5, 0.6) is 0 Å². The number of thioether (sulfide) groups is 1. The summed E-state index contributed by atoms with van der Waals surface area (Å²) in [6, 6.07) is 10.5. The molecule has 1 N–H and O–H groups in total. The van der Waals surface area contributed by atoms with Crippen LogP contribution in [-0.2, 0) is 11.2 Å². The molecule has 0 aliphatic heterocycles. The summed E-state index contributed by atoms with van der Waals surface area (Å²) in [5, 5.41) is 23.1. The monoisotopic (exact) mass is 493 g/mol. The van der Waals surface area contributed by atoms with Gasteiger partial charge in [0.25, 0.3) is 5.69 Å². The number of hydrogen-bond acceptors (Lipinski definition) is 7. The van der Waals surface area contributed by atoms with Crippen LogP contribution in [0.4, 0.5) is 5.69 Å². The maximum Gasteiger partial charge on any atom is 0.269 e. The van der Waals surface area contributed by atoms with Crippen LogP contribution in [0.15, 0.2) is 47.6 Å². The Balaban J connectivity index is 1.82. The van der Waals surface area contributed by atoms with Crippen molar-refractivity contribution in [2.24, 2.45) is 0 Å². The molecule has 0 saturated heterocycles. The Morgan fingerprint density at radius 3 is 2.47 bits per heavy atom. The molecular weight excluding hydrogens is 477 g/mol. The number of halogens is 2. The molecule has 1 aromatic heterocycles. The summed E-state index contributed by atoms with van der Waals surface area (Å²) < 4.78 is 1.75. The summed E-state index contributed by atoms with van der Waals surface area (Å²) in [6.45, 7) is 1.79. The first-order valence-electron chi connectivity index (χ1n) is 9.31. The molecular formula is C20H17Cl2N5O4S. The number of hydrogen-bond donors (Lipinski definition) is 1. The lowest BCUT2D eigenvalue weighted by Gasteiger charge is -2.11. The van der Waals surface area contributed by atoms with Crippen LogP contribution in [0, 0.1) is 10.1 Å². The number of aromatic nitrogens is 3. The van der Waals surface area contributed by atoms with Gasteiger partial charge in [-0.25, -0.2) is 0 Å². The van der Waals surface area contributed by atoms with E-state index in [4.69, 9.17) is 23.2 Å². The summed E-state index contributed by atoms with van der Waals surface area (Å²) in [5.74, 6) is 0.243. The zero-order valence-corrected chi connectivity index (χ0v) is 19.1. The minimum atomic E-state index is -0.523. The lowest BCUT2D eigenvalue weighted by Crippen LogP contribution is -2.23. The summed E-state index contributed by atoms with van der Waals surface area (Å²) >= 11 is 13.4. The first kappa shape index (κ1) is 23.7. The third kappa shape index (κ3) is 5.84. The number of Topliss-reactive ketones (excluding diaryl/α,β-unsaturated/α-hetero) is 1. The lowest BCUT2D eigenvalue weighted by molar-refractivity contribution is -0.384. The number of benzene rings is 2.